The van der Waals surface area contributed by atoms with Crippen molar-refractivity contribution in [3.8, 4) is 0 Å². The first kappa shape index (κ1) is 15.9. The summed E-state index contributed by atoms with van der Waals surface area (Å²) in [5.74, 6) is 1.04. The van der Waals surface area contributed by atoms with Crippen LogP contribution in [0.5, 0.6) is 0 Å². The summed E-state index contributed by atoms with van der Waals surface area (Å²) in [5, 5.41) is 0. The molecule has 0 radical (unpaired) electrons. The molecular weight excluding hydrogens is 262 g/mol. The Kier molecular flexibility index (Phi) is 6.44. The lowest BCUT2D eigenvalue weighted by Crippen LogP contribution is -2.38. The van der Waals surface area contributed by atoms with Crippen LogP contribution < -0.4 is 0 Å². The Balaban J connectivity index is 1.99. The summed E-state index contributed by atoms with van der Waals surface area (Å²) in [4.78, 5) is 2.61. The highest BCUT2D eigenvalue weighted by Gasteiger charge is 2.31. The summed E-state index contributed by atoms with van der Waals surface area (Å²) in [5.41, 5.74) is 1.88. The maximum Gasteiger partial charge on any atom is 0.0233 e. The van der Waals surface area contributed by atoms with Gasteiger partial charge in [-0.3, -0.25) is 4.90 Å². The van der Waals surface area contributed by atoms with Crippen LogP contribution in [-0.2, 0) is 6.54 Å². The maximum atomic E-state index is 4.71. The normalized spacial score (nSPS) is 18.9. The van der Waals surface area contributed by atoms with Crippen LogP contribution in [0.25, 0.3) is 0 Å². The summed E-state index contributed by atoms with van der Waals surface area (Å²) >= 11 is 4.71. The van der Waals surface area contributed by atoms with E-state index in [1.54, 1.807) is 0 Å². The van der Waals surface area contributed by atoms with Gasteiger partial charge in [-0.25, -0.2) is 0 Å². The third-order valence-corrected chi connectivity index (χ3v) is 5.43. The SMILES string of the molecule is CCN(Cc1ccccc1)CC1(CS)CCCCCC1. The largest absolute Gasteiger partial charge is 0.299 e. The van der Waals surface area contributed by atoms with Crippen molar-refractivity contribution in [2.45, 2.75) is 52.0 Å². The Labute approximate surface area is 130 Å². The lowest BCUT2D eigenvalue weighted by Gasteiger charge is -2.36. The first-order chi connectivity index (χ1) is 9.78. The van der Waals surface area contributed by atoms with Crippen LogP contribution in [0.1, 0.15) is 51.0 Å². The van der Waals surface area contributed by atoms with Gasteiger partial charge in [-0.2, -0.15) is 12.6 Å². The lowest BCUT2D eigenvalue weighted by atomic mass is 9.81. The van der Waals surface area contributed by atoms with Gasteiger partial charge in [-0.1, -0.05) is 62.9 Å². The van der Waals surface area contributed by atoms with Crippen molar-refractivity contribution >= 4 is 12.6 Å². The number of nitrogens with zero attached hydrogens (tertiary/aromatic N) is 1. The van der Waals surface area contributed by atoms with Gasteiger partial charge in [0.25, 0.3) is 0 Å². The van der Waals surface area contributed by atoms with E-state index in [1.807, 2.05) is 0 Å². The van der Waals surface area contributed by atoms with E-state index < -0.39 is 0 Å². The highest BCUT2D eigenvalue weighted by Crippen LogP contribution is 2.37. The van der Waals surface area contributed by atoms with E-state index in [4.69, 9.17) is 12.6 Å². The maximum absolute atomic E-state index is 4.71. The fraction of sp³-hybridized carbons (Fsp3) is 0.667. The van der Waals surface area contributed by atoms with Crippen molar-refractivity contribution in [3.63, 3.8) is 0 Å². The van der Waals surface area contributed by atoms with Gasteiger partial charge in [0.2, 0.25) is 0 Å². The van der Waals surface area contributed by atoms with E-state index in [-0.39, 0.29) is 0 Å². The fourth-order valence-electron chi connectivity index (χ4n) is 3.44. The summed E-state index contributed by atoms with van der Waals surface area (Å²) in [6.45, 7) is 5.70. The number of thiol groups is 1. The van der Waals surface area contributed by atoms with Crippen LogP contribution in [0.2, 0.25) is 0 Å². The van der Waals surface area contributed by atoms with Gasteiger partial charge in [-0.05, 0) is 36.1 Å². The van der Waals surface area contributed by atoms with E-state index in [1.165, 1.54) is 50.6 Å². The Morgan fingerprint density at radius 3 is 2.25 bits per heavy atom. The minimum absolute atomic E-state index is 0.449. The zero-order valence-electron chi connectivity index (χ0n) is 12.9. The number of benzene rings is 1. The van der Waals surface area contributed by atoms with E-state index in [2.05, 4.69) is 42.2 Å². The Morgan fingerprint density at radius 1 is 1.05 bits per heavy atom. The molecule has 1 aromatic carbocycles. The second kappa shape index (κ2) is 8.09. The van der Waals surface area contributed by atoms with E-state index >= 15 is 0 Å². The summed E-state index contributed by atoms with van der Waals surface area (Å²) in [6, 6.07) is 10.9. The second-order valence-electron chi connectivity index (χ2n) is 6.36. The van der Waals surface area contributed by atoms with Gasteiger partial charge in [0, 0.05) is 13.1 Å². The molecule has 1 nitrogen and oxygen atoms in total. The van der Waals surface area contributed by atoms with Crippen LogP contribution in [0.4, 0.5) is 0 Å². The molecule has 0 saturated heterocycles. The molecule has 0 amide bonds. The fourth-order valence-corrected chi connectivity index (χ4v) is 3.86. The van der Waals surface area contributed by atoms with Gasteiger partial charge < -0.3 is 0 Å². The molecule has 2 rings (SSSR count). The van der Waals surface area contributed by atoms with E-state index in [0.717, 1.165) is 18.8 Å². The average molecular weight is 292 g/mol. The molecule has 1 aliphatic carbocycles. The number of rotatable bonds is 6. The summed E-state index contributed by atoms with van der Waals surface area (Å²) < 4.78 is 0. The number of hydrogen-bond donors (Lipinski definition) is 1. The van der Waals surface area contributed by atoms with Crippen molar-refractivity contribution in [3.05, 3.63) is 35.9 Å². The minimum Gasteiger partial charge on any atom is -0.299 e. The molecule has 2 heteroatoms. The zero-order valence-corrected chi connectivity index (χ0v) is 13.7. The molecule has 1 saturated carbocycles. The van der Waals surface area contributed by atoms with Crippen molar-refractivity contribution in [1.29, 1.82) is 0 Å². The first-order valence-corrected chi connectivity index (χ1v) is 8.78. The smallest absolute Gasteiger partial charge is 0.0233 e. The van der Waals surface area contributed by atoms with Crippen molar-refractivity contribution in [2.75, 3.05) is 18.8 Å². The van der Waals surface area contributed by atoms with Gasteiger partial charge in [0.05, 0.1) is 0 Å². The number of hydrogen-bond acceptors (Lipinski definition) is 2. The lowest BCUT2D eigenvalue weighted by molar-refractivity contribution is 0.150. The Hall–Kier alpha value is -0.470. The second-order valence-corrected chi connectivity index (χ2v) is 6.68. The molecule has 1 fully saturated rings. The molecular formula is C18H29NS. The van der Waals surface area contributed by atoms with Crippen molar-refractivity contribution < 1.29 is 0 Å². The van der Waals surface area contributed by atoms with Crippen LogP contribution in [0, 0.1) is 5.41 Å². The summed E-state index contributed by atoms with van der Waals surface area (Å²) in [7, 11) is 0. The zero-order chi connectivity index (χ0) is 14.3. The Bertz CT molecular complexity index is 368. The molecule has 1 aliphatic rings. The van der Waals surface area contributed by atoms with E-state index in [9.17, 15) is 0 Å². The molecule has 0 unspecified atom stereocenters. The third kappa shape index (κ3) is 4.53. The van der Waals surface area contributed by atoms with Crippen LogP contribution >= 0.6 is 12.6 Å². The monoisotopic (exact) mass is 291 g/mol. The molecule has 0 heterocycles. The van der Waals surface area contributed by atoms with Gasteiger partial charge in [0.15, 0.2) is 0 Å². The minimum atomic E-state index is 0.449. The molecule has 0 spiro atoms. The standard InChI is InChI=1S/C18H29NS/c1-2-19(14-17-10-6-5-7-11-17)15-18(16-20)12-8-3-4-9-13-18/h5-7,10-11,20H,2-4,8-9,12-16H2,1H3. The van der Waals surface area contributed by atoms with Crippen LogP contribution in [0.15, 0.2) is 30.3 Å². The van der Waals surface area contributed by atoms with Crippen molar-refractivity contribution in [1.82, 2.24) is 4.90 Å². The van der Waals surface area contributed by atoms with E-state index in [0.29, 0.717) is 5.41 Å². The third-order valence-electron chi connectivity index (χ3n) is 4.75. The Morgan fingerprint density at radius 2 is 1.70 bits per heavy atom. The quantitative estimate of drug-likeness (QED) is 0.583. The first-order valence-electron chi connectivity index (χ1n) is 8.15. The van der Waals surface area contributed by atoms with Crippen LogP contribution in [0.3, 0.4) is 0 Å². The molecule has 0 N–H and O–H groups in total. The molecule has 0 atom stereocenters. The predicted molar refractivity (Wildman–Crippen MR) is 91.4 cm³/mol. The molecule has 20 heavy (non-hydrogen) atoms. The van der Waals surface area contributed by atoms with Crippen LogP contribution in [-0.4, -0.2) is 23.7 Å². The molecule has 0 aromatic heterocycles. The van der Waals surface area contributed by atoms with Gasteiger partial charge in [-0.15, -0.1) is 0 Å². The molecule has 1 aromatic rings. The highest BCUT2D eigenvalue weighted by molar-refractivity contribution is 7.80. The van der Waals surface area contributed by atoms with Crippen molar-refractivity contribution in [2.24, 2.45) is 5.41 Å². The van der Waals surface area contributed by atoms with Gasteiger partial charge in [0.1, 0.15) is 0 Å². The molecule has 0 aliphatic heterocycles. The topological polar surface area (TPSA) is 3.24 Å². The predicted octanol–water partition coefficient (Wildman–Crippen LogP) is 4.78. The molecule has 0 bridgehead atoms. The average Bonchev–Trinajstić information content (AvgIpc) is 2.74. The summed E-state index contributed by atoms with van der Waals surface area (Å²) in [6.07, 6.45) is 8.34. The van der Waals surface area contributed by atoms with Gasteiger partial charge >= 0.3 is 0 Å². The highest BCUT2D eigenvalue weighted by atomic mass is 32.1. The molecule has 112 valence electrons.